The molecule has 74 valence electrons. The van der Waals surface area contributed by atoms with E-state index in [1.54, 1.807) is 0 Å². The monoisotopic (exact) mass is 205 g/mol. The highest BCUT2D eigenvalue weighted by atomic mass is 32.2. The Morgan fingerprint density at radius 2 is 2.23 bits per heavy atom. The van der Waals surface area contributed by atoms with Crippen LogP contribution in [0.3, 0.4) is 0 Å². The molecule has 0 amide bonds. The third-order valence-electron chi connectivity index (χ3n) is 1.74. The summed E-state index contributed by atoms with van der Waals surface area (Å²) < 4.78 is 29.3. The molecule has 0 N–H and O–H groups in total. The molecule has 7 heteroatoms. The molecule has 1 saturated heterocycles. The number of sulfonamides is 1. The van der Waals surface area contributed by atoms with Gasteiger partial charge in [-0.15, -0.1) is 0 Å². The van der Waals surface area contributed by atoms with Gasteiger partial charge in [0.25, 0.3) is 0 Å². The van der Waals surface area contributed by atoms with E-state index >= 15 is 0 Å². The molecular weight excluding hydrogens is 194 g/mol. The lowest BCUT2D eigenvalue weighted by Gasteiger charge is -1.95. The average Bonchev–Trinajstić information content (AvgIpc) is 2.81. The van der Waals surface area contributed by atoms with E-state index in [1.165, 1.54) is 0 Å². The number of hydrogen-bond acceptors (Lipinski definition) is 3. The second kappa shape index (κ2) is 4.45. The lowest BCUT2D eigenvalue weighted by atomic mass is 10.2. The molecule has 0 aliphatic carbocycles. The zero-order chi connectivity index (χ0) is 9.73. The average molecular weight is 205 g/mol. The summed E-state index contributed by atoms with van der Waals surface area (Å²) in [6.07, 6.45) is 2.56. The standard InChI is InChI=1S/C6H11N3O3S/c7-8-9-13(10,11)4-2-1-3-6-5-12-6/h6H,1-5H2. The molecule has 0 saturated carbocycles. The van der Waals surface area contributed by atoms with Gasteiger partial charge in [0.1, 0.15) is 0 Å². The van der Waals surface area contributed by atoms with Crippen molar-refractivity contribution in [3.05, 3.63) is 10.4 Å². The number of ether oxygens (including phenoxy) is 1. The summed E-state index contributed by atoms with van der Waals surface area (Å²) in [5.41, 5.74) is 7.92. The Bertz CT molecular complexity index is 303. The first-order chi connectivity index (χ1) is 6.14. The second-order valence-corrected chi connectivity index (χ2v) is 4.64. The summed E-state index contributed by atoms with van der Waals surface area (Å²) >= 11 is 0. The smallest absolute Gasteiger partial charge is 0.235 e. The van der Waals surface area contributed by atoms with Crippen LogP contribution in [0.4, 0.5) is 0 Å². The van der Waals surface area contributed by atoms with Crippen LogP contribution < -0.4 is 0 Å². The molecule has 0 spiro atoms. The van der Waals surface area contributed by atoms with Crippen LogP contribution in [0.5, 0.6) is 0 Å². The minimum Gasteiger partial charge on any atom is -0.373 e. The summed E-state index contributed by atoms with van der Waals surface area (Å²) in [5.74, 6) is -0.0657. The largest absolute Gasteiger partial charge is 0.373 e. The topological polar surface area (TPSA) is 95.4 Å². The molecule has 0 aromatic rings. The first-order valence-corrected chi connectivity index (χ1v) is 5.65. The van der Waals surface area contributed by atoms with Crippen molar-refractivity contribution < 1.29 is 13.2 Å². The van der Waals surface area contributed by atoms with Crippen LogP contribution in [-0.4, -0.2) is 26.9 Å². The molecule has 1 atom stereocenters. The fourth-order valence-electron chi connectivity index (χ4n) is 0.988. The maximum absolute atomic E-state index is 10.8. The maximum atomic E-state index is 10.8. The van der Waals surface area contributed by atoms with Gasteiger partial charge in [-0.25, -0.2) is 8.42 Å². The predicted octanol–water partition coefficient (Wildman–Crippen LogP) is 1.20. The molecule has 0 aromatic heterocycles. The number of rotatable bonds is 6. The van der Waals surface area contributed by atoms with Crippen molar-refractivity contribution in [1.29, 1.82) is 0 Å². The van der Waals surface area contributed by atoms with Gasteiger partial charge in [0, 0.05) is 9.43 Å². The van der Waals surface area contributed by atoms with Crippen LogP contribution in [0.15, 0.2) is 4.52 Å². The van der Waals surface area contributed by atoms with Gasteiger partial charge in [-0.3, -0.25) is 0 Å². The lowest BCUT2D eigenvalue weighted by Crippen LogP contribution is -2.01. The van der Waals surface area contributed by atoms with Crippen molar-refractivity contribution in [1.82, 2.24) is 0 Å². The first kappa shape index (κ1) is 10.3. The Morgan fingerprint density at radius 3 is 2.77 bits per heavy atom. The quantitative estimate of drug-likeness (QED) is 0.214. The van der Waals surface area contributed by atoms with E-state index in [2.05, 4.69) is 9.43 Å². The number of azide groups is 1. The second-order valence-electron chi connectivity index (χ2n) is 2.91. The molecule has 1 rings (SSSR count). The predicted molar refractivity (Wildman–Crippen MR) is 46.5 cm³/mol. The van der Waals surface area contributed by atoms with E-state index in [-0.39, 0.29) is 5.75 Å². The molecule has 1 unspecified atom stereocenters. The molecular formula is C6H11N3O3S. The lowest BCUT2D eigenvalue weighted by molar-refractivity contribution is 0.391. The molecule has 0 radical (unpaired) electrons. The summed E-state index contributed by atoms with van der Waals surface area (Å²) in [4.78, 5) is 2.25. The number of nitrogens with zero attached hydrogens (tertiary/aromatic N) is 3. The summed E-state index contributed by atoms with van der Waals surface area (Å²) in [5, 5.41) is 0. The zero-order valence-electron chi connectivity index (χ0n) is 7.09. The van der Waals surface area contributed by atoms with E-state index in [9.17, 15) is 8.42 Å². The van der Waals surface area contributed by atoms with Crippen molar-refractivity contribution in [2.24, 2.45) is 4.52 Å². The summed E-state index contributed by atoms with van der Waals surface area (Å²) in [6.45, 7) is 0.795. The highest BCUT2D eigenvalue weighted by Crippen LogP contribution is 2.16. The van der Waals surface area contributed by atoms with Gasteiger partial charge >= 0.3 is 0 Å². The van der Waals surface area contributed by atoms with E-state index in [1.807, 2.05) is 0 Å². The summed E-state index contributed by atoms with van der Waals surface area (Å²) in [6, 6.07) is 0. The molecule has 1 fully saturated rings. The Morgan fingerprint density at radius 1 is 1.54 bits per heavy atom. The Hall–Kier alpha value is -0.780. The van der Waals surface area contributed by atoms with Crippen LogP contribution in [0, 0.1) is 0 Å². The molecule has 0 bridgehead atoms. The van der Waals surface area contributed by atoms with Gasteiger partial charge < -0.3 is 4.74 Å². The SMILES string of the molecule is [N-]=[N+]=NS(=O)(=O)CCCCC1CO1. The normalized spacial score (nSPS) is 20.8. The third kappa shape index (κ3) is 4.72. The minimum atomic E-state index is -3.54. The third-order valence-corrected chi connectivity index (χ3v) is 2.87. The van der Waals surface area contributed by atoms with E-state index in [4.69, 9.17) is 10.3 Å². The fourth-order valence-corrected chi connectivity index (χ4v) is 1.75. The van der Waals surface area contributed by atoms with Gasteiger partial charge in [0.15, 0.2) is 0 Å². The molecule has 1 aliphatic rings. The highest BCUT2D eigenvalue weighted by molar-refractivity contribution is 7.89. The van der Waals surface area contributed by atoms with Crippen LogP contribution in [0.2, 0.25) is 0 Å². The first-order valence-electron chi connectivity index (χ1n) is 4.05. The Labute approximate surface area is 76.6 Å². The van der Waals surface area contributed by atoms with Gasteiger partial charge in [0.05, 0.1) is 18.5 Å². The molecule has 13 heavy (non-hydrogen) atoms. The minimum absolute atomic E-state index is 0.0657. The van der Waals surface area contributed by atoms with E-state index < -0.39 is 10.0 Å². The van der Waals surface area contributed by atoms with Gasteiger partial charge in [-0.1, -0.05) is 0 Å². The maximum Gasteiger partial charge on any atom is 0.235 e. The van der Waals surface area contributed by atoms with Crippen molar-refractivity contribution in [3.63, 3.8) is 0 Å². The Kier molecular flexibility index (Phi) is 3.53. The van der Waals surface area contributed by atoms with E-state index in [0.717, 1.165) is 19.4 Å². The van der Waals surface area contributed by atoms with Crippen molar-refractivity contribution >= 4 is 10.0 Å². The zero-order valence-corrected chi connectivity index (χ0v) is 7.90. The van der Waals surface area contributed by atoms with E-state index in [0.29, 0.717) is 12.5 Å². The molecule has 0 aromatic carbocycles. The van der Waals surface area contributed by atoms with Crippen LogP contribution in [0.1, 0.15) is 19.3 Å². The van der Waals surface area contributed by atoms with Crippen molar-refractivity contribution in [2.75, 3.05) is 12.4 Å². The Balaban J connectivity index is 2.13. The number of epoxide rings is 1. The highest BCUT2D eigenvalue weighted by Gasteiger charge is 2.21. The van der Waals surface area contributed by atoms with Crippen molar-refractivity contribution in [3.8, 4) is 0 Å². The fraction of sp³-hybridized carbons (Fsp3) is 1.00. The molecule has 1 aliphatic heterocycles. The van der Waals surface area contributed by atoms with Gasteiger partial charge in [-0.2, -0.15) is 0 Å². The molecule has 1 heterocycles. The summed E-state index contributed by atoms with van der Waals surface area (Å²) in [7, 11) is -3.54. The van der Waals surface area contributed by atoms with Crippen LogP contribution in [0.25, 0.3) is 10.4 Å². The van der Waals surface area contributed by atoms with Crippen LogP contribution >= 0.6 is 0 Å². The number of unbranched alkanes of at least 4 members (excludes halogenated alkanes) is 1. The molecule has 6 nitrogen and oxygen atoms in total. The van der Waals surface area contributed by atoms with Crippen LogP contribution in [-0.2, 0) is 14.8 Å². The van der Waals surface area contributed by atoms with Gasteiger partial charge in [-0.05, 0) is 24.8 Å². The number of hydrogen-bond donors (Lipinski definition) is 0. The van der Waals surface area contributed by atoms with Crippen molar-refractivity contribution in [2.45, 2.75) is 25.4 Å². The van der Waals surface area contributed by atoms with Gasteiger partial charge in [0.2, 0.25) is 10.0 Å².